The Bertz CT molecular complexity index is 986. The Morgan fingerprint density at radius 1 is 0.759 bits per heavy atom. The van der Waals surface area contributed by atoms with Gasteiger partial charge in [-0.15, -0.1) is 0 Å². The van der Waals surface area contributed by atoms with Crippen LogP contribution in [-0.2, 0) is 28.9 Å². The smallest absolute Gasteiger partial charge is 0.343 e. The highest BCUT2D eigenvalue weighted by molar-refractivity contribution is 5.71. The summed E-state index contributed by atoms with van der Waals surface area (Å²) in [4.78, 5) is 48.4. The largest absolute Gasteiger partial charge is 0.427 e. The first-order valence-electron chi connectivity index (χ1n) is 9.28. The first-order valence-corrected chi connectivity index (χ1v) is 9.28. The lowest BCUT2D eigenvalue weighted by Crippen LogP contribution is -2.21. The summed E-state index contributed by atoms with van der Waals surface area (Å²) in [6, 6.07) is 0. The molecule has 29 heavy (non-hydrogen) atoms. The number of carbonyl (C=O) groups excluding carboxylic acids is 2. The molecule has 0 saturated heterocycles. The fourth-order valence-electron chi connectivity index (χ4n) is 3.11. The fourth-order valence-corrected chi connectivity index (χ4v) is 3.11. The second-order valence-corrected chi connectivity index (χ2v) is 6.56. The van der Waals surface area contributed by atoms with E-state index in [1.807, 2.05) is 0 Å². The first kappa shape index (κ1) is 22.1. The van der Waals surface area contributed by atoms with Crippen LogP contribution >= 0.6 is 0 Å². The quantitative estimate of drug-likeness (QED) is 0.676. The number of esters is 2. The van der Waals surface area contributed by atoms with E-state index in [9.17, 15) is 19.2 Å². The van der Waals surface area contributed by atoms with Crippen molar-refractivity contribution in [3.8, 4) is 11.5 Å². The van der Waals surface area contributed by atoms with Gasteiger partial charge in [-0.25, -0.2) is 9.59 Å². The predicted octanol–water partition coefficient (Wildman–Crippen LogP) is 2.78. The molecule has 0 N–H and O–H groups in total. The van der Waals surface area contributed by atoms with Gasteiger partial charge in [0, 0.05) is 44.2 Å². The molecule has 0 fully saturated rings. The van der Waals surface area contributed by atoms with Gasteiger partial charge < -0.3 is 18.3 Å². The third kappa shape index (κ3) is 4.64. The Balaban J connectivity index is 2.77. The van der Waals surface area contributed by atoms with Crippen molar-refractivity contribution in [3.05, 3.63) is 54.6 Å². The molecule has 0 radical (unpaired) electrons. The molecule has 0 bridgehead atoms. The minimum atomic E-state index is -0.742. The summed E-state index contributed by atoms with van der Waals surface area (Å²) in [5.74, 6) is -0.412. The molecule has 0 unspecified atom stereocenters. The minimum absolute atomic E-state index is 0.0285. The van der Waals surface area contributed by atoms with E-state index in [-0.39, 0.29) is 29.0 Å². The van der Waals surface area contributed by atoms with Gasteiger partial charge in [-0.05, 0) is 13.8 Å². The van der Waals surface area contributed by atoms with Crippen molar-refractivity contribution in [3.63, 3.8) is 0 Å². The van der Waals surface area contributed by atoms with Crippen LogP contribution in [-0.4, -0.2) is 11.9 Å². The zero-order valence-corrected chi connectivity index (χ0v) is 17.4. The molecule has 8 heteroatoms. The topological polar surface area (TPSA) is 113 Å². The summed E-state index contributed by atoms with van der Waals surface area (Å²) in [7, 11) is 0. The van der Waals surface area contributed by atoms with E-state index in [2.05, 4.69) is 0 Å². The maximum absolute atomic E-state index is 12.6. The van der Waals surface area contributed by atoms with Gasteiger partial charge >= 0.3 is 23.2 Å². The molecule has 0 saturated carbocycles. The van der Waals surface area contributed by atoms with Gasteiger partial charge in [0.2, 0.25) is 0 Å². The Hall–Kier alpha value is -3.16. The van der Waals surface area contributed by atoms with Crippen molar-refractivity contribution >= 4 is 11.9 Å². The predicted molar refractivity (Wildman–Crippen MR) is 104 cm³/mol. The summed E-state index contributed by atoms with van der Waals surface area (Å²) >= 11 is 0. The monoisotopic (exact) mass is 404 g/mol. The number of ether oxygens (including phenoxy) is 2. The Morgan fingerprint density at radius 2 is 1.10 bits per heavy atom. The second-order valence-electron chi connectivity index (χ2n) is 6.56. The van der Waals surface area contributed by atoms with Gasteiger partial charge in [0.15, 0.2) is 0 Å². The van der Waals surface area contributed by atoms with E-state index in [0.717, 1.165) is 0 Å². The van der Waals surface area contributed by atoms with E-state index in [4.69, 9.17) is 18.3 Å². The Morgan fingerprint density at radius 3 is 1.38 bits per heavy atom. The second kappa shape index (κ2) is 8.89. The molecule has 0 aliphatic rings. The van der Waals surface area contributed by atoms with Crippen molar-refractivity contribution in [2.24, 2.45) is 0 Å². The molecule has 0 spiro atoms. The number of aryl methyl sites for hydroxylation is 2. The van der Waals surface area contributed by atoms with Crippen LogP contribution in [0, 0.1) is 13.8 Å². The van der Waals surface area contributed by atoms with Crippen LogP contribution < -0.4 is 20.7 Å². The highest BCUT2D eigenvalue weighted by Crippen LogP contribution is 2.31. The van der Waals surface area contributed by atoms with Crippen molar-refractivity contribution in [2.45, 2.75) is 60.8 Å². The van der Waals surface area contributed by atoms with E-state index in [1.54, 1.807) is 27.7 Å². The lowest BCUT2D eigenvalue weighted by Gasteiger charge is -2.15. The first-order chi connectivity index (χ1) is 13.6. The number of hydrogen-bond acceptors (Lipinski definition) is 8. The number of carbonyl (C=O) groups is 2. The molecule has 0 atom stereocenters. The van der Waals surface area contributed by atoms with Crippen LogP contribution in [0.4, 0.5) is 0 Å². The van der Waals surface area contributed by atoms with Crippen LogP contribution in [0.5, 0.6) is 11.5 Å². The third-order valence-corrected chi connectivity index (χ3v) is 4.48. The van der Waals surface area contributed by atoms with E-state index >= 15 is 0 Å². The molecule has 2 aromatic rings. The fraction of sp³-hybridized carbons (Fsp3) is 0.429. The maximum atomic E-state index is 12.6. The van der Waals surface area contributed by atoms with Crippen LogP contribution in [0.3, 0.4) is 0 Å². The molecule has 0 aliphatic carbocycles. The van der Waals surface area contributed by atoms with Gasteiger partial charge in [0.05, 0.1) is 11.1 Å². The van der Waals surface area contributed by atoms with Gasteiger partial charge in [0.1, 0.15) is 23.0 Å². The Labute approximate surface area is 167 Å². The lowest BCUT2D eigenvalue weighted by atomic mass is 10.0. The van der Waals surface area contributed by atoms with Gasteiger partial charge in [-0.3, -0.25) is 9.59 Å². The molecule has 2 aromatic heterocycles. The molecule has 0 amide bonds. The maximum Gasteiger partial charge on any atom is 0.343 e. The highest BCUT2D eigenvalue weighted by Gasteiger charge is 2.25. The molecule has 8 nitrogen and oxygen atoms in total. The van der Waals surface area contributed by atoms with E-state index in [1.165, 1.54) is 13.8 Å². The van der Waals surface area contributed by atoms with Gasteiger partial charge in [-0.2, -0.15) is 0 Å². The van der Waals surface area contributed by atoms with Gasteiger partial charge in [0.25, 0.3) is 0 Å². The summed E-state index contributed by atoms with van der Waals surface area (Å²) < 4.78 is 21.2. The lowest BCUT2D eigenvalue weighted by molar-refractivity contribution is -0.132. The van der Waals surface area contributed by atoms with Gasteiger partial charge in [-0.1, -0.05) is 13.8 Å². The normalized spacial score (nSPS) is 10.7. The SMILES string of the molecule is CCc1oc(=O)c(Cc2c(OC(C)=O)c(C)c(CC)oc2=O)c(OC(C)=O)c1C. The molecule has 0 aliphatic heterocycles. The summed E-state index contributed by atoms with van der Waals surface area (Å²) in [5.41, 5.74) is -0.572. The Kier molecular flexibility index (Phi) is 6.79. The van der Waals surface area contributed by atoms with Crippen molar-refractivity contribution in [1.82, 2.24) is 0 Å². The summed E-state index contributed by atoms with van der Waals surface area (Å²) in [5, 5.41) is 0. The average molecular weight is 404 g/mol. The molecule has 156 valence electrons. The van der Waals surface area contributed by atoms with Crippen molar-refractivity contribution in [1.29, 1.82) is 0 Å². The molecular formula is C21H24O8. The molecular weight excluding hydrogens is 380 g/mol. The molecule has 2 rings (SSSR count). The number of rotatable bonds is 6. The molecule has 0 aromatic carbocycles. The average Bonchev–Trinajstić information content (AvgIpc) is 2.64. The molecule has 2 heterocycles. The van der Waals surface area contributed by atoms with Crippen molar-refractivity contribution in [2.75, 3.05) is 0 Å². The van der Waals surface area contributed by atoms with Crippen LogP contribution in [0.25, 0.3) is 0 Å². The highest BCUT2D eigenvalue weighted by atomic mass is 16.5. The third-order valence-electron chi connectivity index (χ3n) is 4.48. The summed E-state index contributed by atoms with van der Waals surface area (Å²) in [6.45, 7) is 9.32. The minimum Gasteiger partial charge on any atom is -0.427 e. The standard InChI is InChI=1S/C21H24O8/c1-7-16-10(3)18(26-12(5)22)14(20(24)28-16)9-15-19(27-13(6)23)11(4)17(8-2)29-21(15)25/h7-9H2,1-6H3. The number of hydrogen-bond donors (Lipinski definition) is 0. The zero-order valence-electron chi connectivity index (χ0n) is 17.4. The van der Waals surface area contributed by atoms with E-state index < -0.39 is 23.2 Å². The zero-order chi connectivity index (χ0) is 21.9. The van der Waals surface area contributed by atoms with Crippen LogP contribution in [0.1, 0.15) is 61.5 Å². The van der Waals surface area contributed by atoms with E-state index in [0.29, 0.717) is 35.5 Å². The van der Waals surface area contributed by atoms with Crippen LogP contribution in [0.2, 0.25) is 0 Å². The van der Waals surface area contributed by atoms with Crippen molar-refractivity contribution < 1.29 is 27.9 Å². The summed E-state index contributed by atoms with van der Waals surface area (Å²) in [6.07, 6.45) is 0.549. The van der Waals surface area contributed by atoms with Crippen LogP contribution in [0.15, 0.2) is 18.4 Å².